The van der Waals surface area contributed by atoms with Gasteiger partial charge in [0.05, 0.1) is 20.5 Å². The first-order chi connectivity index (χ1) is 7.65. The molecular weight excluding hydrogens is 288 g/mol. The molecule has 0 spiro atoms. The average Bonchev–Trinajstić information content (AvgIpc) is 2.68. The quantitative estimate of drug-likeness (QED) is 0.922. The summed E-state index contributed by atoms with van der Waals surface area (Å²) in [5.74, 6) is -0.110. The molecule has 2 rings (SSSR count). The lowest BCUT2D eigenvalue weighted by atomic mass is 10.3. The van der Waals surface area contributed by atoms with Crippen LogP contribution in [0.3, 0.4) is 0 Å². The zero-order chi connectivity index (χ0) is 11.5. The zero-order valence-corrected chi connectivity index (χ0v) is 10.9. The molecule has 0 saturated heterocycles. The average molecular weight is 297 g/mol. The van der Waals surface area contributed by atoms with E-state index in [9.17, 15) is 4.79 Å². The minimum absolute atomic E-state index is 0.110. The van der Waals surface area contributed by atoms with Crippen molar-refractivity contribution in [3.63, 3.8) is 0 Å². The van der Waals surface area contributed by atoms with Crippen molar-refractivity contribution < 1.29 is 4.79 Å². The van der Waals surface area contributed by atoms with Gasteiger partial charge >= 0.3 is 0 Å². The van der Waals surface area contributed by atoms with E-state index in [2.05, 4.69) is 26.2 Å². The summed E-state index contributed by atoms with van der Waals surface area (Å²) in [5, 5.41) is 2.79. The van der Waals surface area contributed by atoms with E-state index in [1.54, 1.807) is 12.3 Å². The van der Waals surface area contributed by atoms with Crippen LogP contribution >= 0.6 is 27.3 Å². The van der Waals surface area contributed by atoms with Gasteiger partial charge < -0.3 is 5.32 Å². The van der Waals surface area contributed by atoms with Gasteiger partial charge in [0, 0.05) is 5.69 Å². The number of nitrogens with zero attached hydrogens (tertiary/aromatic N) is 1. The number of rotatable bonds is 2. The van der Waals surface area contributed by atoms with Crippen LogP contribution in [-0.2, 0) is 0 Å². The van der Waals surface area contributed by atoms with E-state index in [1.807, 2.05) is 25.1 Å². The minimum atomic E-state index is -0.110. The number of hydrogen-bond donors (Lipinski definition) is 1. The number of aromatic nitrogens is 1. The van der Waals surface area contributed by atoms with E-state index in [-0.39, 0.29) is 5.91 Å². The van der Waals surface area contributed by atoms with Gasteiger partial charge in [-0.15, -0.1) is 11.3 Å². The predicted molar refractivity (Wildman–Crippen MR) is 68.9 cm³/mol. The van der Waals surface area contributed by atoms with Crippen molar-refractivity contribution in [3.05, 3.63) is 44.8 Å². The maximum absolute atomic E-state index is 11.8. The fraction of sp³-hybridized carbons (Fsp3) is 0.0909. The Morgan fingerprint density at radius 3 is 2.75 bits per heavy atom. The minimum Gasteiger partial charge on any atom is -0.320 e. The molecule has 0 aliphatic heterocycles. The molecule has 0 aromatic carbocycles. The Hall–Kier alpha value is -1.20. The highest BCUT2D eigenvalue weighted by Gasteiger charge is 2.08. The molecule has 0 atom stereocenters. The molecule has 2 aromatic rings. The van der Waals surface area contributed by atoms with Crippen LogP contribution in [0, 0.1) is 6.92 Å². The number of halogens is 1. The van der Waals surface area contributed by atoms with Crippen molar-refractivity contribution in [1.82, 2.24) is 4.98 Å². The lowest BCUT2D eigenvalue weighted by Crippen LogP contribution is -2.10. The largest absolute Gasteiger partial charge is 0.320 e. The second kappa shape index (κ2) is 4.76. The Morgan fingerprint density at radius 1 is 1.38 bits per heavy atom. The molecule has 2 aromatic heterocycles. The summed E-state index contributed by atoms with van der Waals surface area (Å²) in [7, 11) is 0. The molecule has 0 aliphatic rings. The number of aryl methyl sites for hydroxylation is 1. The second-order valence-corrected chi connectivity index (χ2v) is 5.71. The van der Waals surface area contributed by atoms with Gasteiger partial charge in [-0.3, -0.25) is 9.78 Å². The Kier molecular flexibility index (Phi) is 3.36. The molecular formula is C11H9BrN2OS. The van der Waals surface area contributed by atoms with Crippen LogP contribution in [-0.4, -0.2) is 10.9 Å². The lowest BCUT2D eigenvalue weighted by Gasteiger charge is -2.02. The van der Waals surface area contributed by atoms with E-state index >= 15 is 0 Å². The summed E-state index contributed by atoms with van der Waals surface area (Å²) in [4.78, 5) is 16.5. The molecule has 1 N–H and O–H groups in total. The highest BCUT2D eigenvalue weighted by molar-refractivity contribution is 9.11. The van der Waals surface area contributed by atoms with Crippen LogP contribution in [0.4, 0.5) is 5.69 Å². The van der Waals surface area contributed by atoms with E-state index in [0.29, 0.717) is 10.6 Å². The van der Waals surface area contributed by atoms with Crippen molar-refractivity contribution in [1.29, 1.82) is 0 Å². The van der Waals surface area contributed by atoms with Crippen LogP contribution in [0.1, 0.15) is 15.4 Å². The van der Waals surface area contributed by atoms with Gasteiger partial charge in [-0.25, -0.2) is 0 Å². The van der Waals surface area contributed by atoms with Crippen molar-refractivity contribution in [3.8, 4) is 0 Å². The first-order valence-electron chi connectivity index (χ1n) is 4.64. The number of carbonyl (C=O) groups is 1. The maximum Gasteiger partial charge on any atom is 0.265 e. The monoisotopic (exact) mass is 296 g/mol. The van der Waals surface area contributed by atoms with E-state index in [1.165, 1.54) is 11.3 Å². The fourth-order valence-corrected chi connectivity index (χ4v) is 2.45. The van der Waals surface area contributed by atoms with Crippen LogP contribution in [0.2, 0.25) is 0 Å². The number of nitrogens with one attached hydrogen (secondary N) is 1. The molecule has 5 heteroatoms. The van der Waals surface area contributed by atoms with Gasteiger partial charge in [-0.1, -0.05) is 0 Å². The number of thiophene rings is 1. The van der Waals surface area contributed by atoms with Gasteiger partial charge in [0.2, 0.25) is 0 Å². The van der Waals surface area contributed by atoms with E-state index < -0.39 is 0 Å². The zero-order valence-electron chi connectivity index (χ0n) is 8.53. The number of anilines is 1. The standard InChI is InChI=1S/C11H9BrN2OS/c1-7-2-3-8(6-13-7)14-11(15)9-4-5-10(12)16-9/h2-6H,1H3,(H,14,15). The van der Waals surface area contributed by atoms with E-state index in [0.717, 1.165) is 9.48 Å². The molecule has 0 unspecified atom stereocenters. The Balaban J connectivity index is 2.10. The van der Waals surface area contributed by atoms with Crippen molar-refractivity contribution in [2.45, 2.75) is 6.92 Å². The van der Waals surface area contributed by atoms with Gasteiger partial charge in [0.1, 0.15) is 0 Å². The summed E-state index contributed by atoms with van der Waals surface area (Å²) in [6, 6.07) is 7.33. The predicted octanol–water partition coefficient (Wildman–Crippen LogP) is 3.47. The molecule has 82 valence electrons. The molecule has 0 fully saturated rings. The second-order valence-electron chi connectivity index (χ2n) is 3.25. The summed E-state index contributed by atoms with van der Waals surface area (Å²) in [6.07, 6.45) is 1.65. The van der Waals surface area contributed by atoms with Crippen LogP contribution in [0.25, 0.3) is 0 Å². The van der Waals surface area contributed by atoms with Gasteiger partial charge in [-0.2, -0.15) is 0 Å². The van der Waals surface area contributed by atoms with Crippen LogP contribution in [0.15, 0.2) is 34.2 Å². The number of hydrogen-bond acceptors (Lipinski definition) is 3. The lowest BCUT2D eigenvalue weighted by molar-refractivity contribution is 0.103. The summed E-state index contributed by atoms with van der Waals surface area (Å²) >= 11 is 4.72. The summed E-state index contributed by atoms with van der Waals surface area (Å²) in [6.45, 7) is 1.90. The Bertz CT molecular complexity index is 507. The molecule has 16 heavy (non-hydrogen) atoms. The van der Waals surface area contributed by atoms with Crippen LogP contribution < -0.4 is 5.32 Å². The first-order valence-corrected chi connectivity index (χ1v) is 6.25. The van der Waals surface area contributed by atoms with Gasteiger partial charge in [0.15, 0.2) is 0 Å². The van der Waals surface area contributed by atoms with E-state index in [4.69, 9.17) is 0 Å². The smallest absolute Gasteiger partial charge is 0.265 e. The van der Waals surface area contributed by atoms with Gasteiger partial charge in [-0.05, 0) is 47.1 Å². The van der Waals surface area contributed by atoms with Crippen molar-refractivity contribution in [2.24, 2.45) is 0 Å². The number of pyridine rings is 1. The highest BCUT2D eigenvalue weighted by atomic mass is 79.9. The third-order valence-corrected chi connectivity index (χ3v) is 3.59. The fourth-order valence-electron chi connectivity index (χ4n) is 1.17. The molecule has 0 saturated carbocycles. The molecule has 0 radical (unpaired) electrons. The normalized spacial score (nSPS) is 10.1. The molecule has 0 bridgehead atoms. The van der Waals surface area contributed by atoms with Crippen LogP contribution in [0.5, 0.6) is 0 Å². The Morgan fingerprint density at radius 2 is 2.19 bits per heavy atom. The Labute approximate surface area is 106 Å². The molecule has 0 aliphatic carbocycles. The summed E-state index contributed by atoms with van der Waals surface area (Å²) in [5.41, 5.74) is 1.64. The summed E-state index contributed by atoms with van der Waals surface area (Å²) < 4.78 is 0.944. The molecule has 1 amide bonds. The number of amides is 1. The SMILES string of the molecule is Cc1ccc(NC(=O)c2ccc(Br)s2)cn1. The topological polar surface area (TPSA) is 42.0 Å². The maximum atomic E-state index is 11.8. The first kappa shape index (κ1) is 11.3. The van der Waals surface area contributed by atoms with Crippen molar-refractivity contribution >= 4 is 38.9 Å². The molecule has 3 nitrogen and oxygen atoms in total. The number of carbonyl (C=O) groups excluding carboxylic acids is 1. The third kappa shape index (κ3) is 2.68. The van der Waals surface area contributed by atoms with Gasteiger partial charge in [0.25, 0.3) is 5.91 Å². The molecule has 2 heterocycles. The highest BCUT2D eigenvalue weighted by Crippen LogP contribution is 2.22. The third-order valence-electron chi connectivity index (χ3n) is 1.97. The van der Waals surface area contributed by atoms with Crippen molar-refractivity contribution in [2.75, 3.05) is 5.32 Å².